The van der Waals surface area contributed by atoms with E-state index in [1.807, 2.05) is 12.1 Å². The van der Waals surface area contributed by atoms with Gasteiger partial charge in [-0.15, -0.1) is 0 Å². The molecule has 1 atom stereocenters. The number of carbonyl (C=O) groups is 1. The number of halogens is 3. The molecule has 2 aromatic rings. The van der Waals surface area contributed by atoms with Crippen molar-refractivity contribution in [3.63, 3.8) is 0 Å². The van der Waals surface area contributed by atoms with Crippen LogP contribution >= 0.6 is 0 Å². The summed E-state index contributed by atoms with van der Waals surface area (Å²) in [5.41, 5.74) is 1.29. The number of benzene rings is 2. The van der Waals surface area contributed by atoms with E-state index in [2.05, 4.69) is 4.74 Å². The van der Waals surface area contributed by atoms with Crippen LogP contribution in [0, 0.1) is 0 Å². The lowest BCUT2D eigenvalue weighted by Gasteiger charge is -2.35. The molecular weight excluding hydrogens is 495 g/mol. The summed E-state index contributed by atoms with van der Waals surface area (Å²) in [6.07, 6.45) is 2.24. The number of rotatable bonds is 6. The standard InChI is InChI=1S/C26H28F3NO5S/c1-34-25(31)13-11-21-17-30(36(32,33)22-9-5-8-20(16-22)26(27,28)29)23-15-19(10-12-24(23)35-21)14-18-6-3-2-4-7-18/h5,8-10,12,14-16,21H,2-4,6-7,11,13,17H2,1H3/t21-/m0/s1. The highest BCUT2D eigenvalue weighted by Gasteiger charge is 2.37. The number of sulfonamides is 1. The monoisotopic (exact) mass is 523 g/mol. The van der Waals surface area contributed by atoms with Crippen LogP contribution in [0.25, 0.3) is 6.08 Å². The first-order valence-corrected chi connectivity index (χ1v) is 13.3. The minimum atomic E-state index is -4.68. The molecule has 2 aromatic carbocycles. The van der Waals surface area contributed by atoms with Gasteiger partial charge in [-0.05, 0) is 68.0 Å². The van der Waals surface area contributed by atoms with E-state index in [0.29, 0.717) is 6.07 Å². The smallest absolute Gasteiger partial charge is 0.416 e. The largest absolute Gasteiger partial charge is 0.486 e. The van der Waals surface area contributed by atoms with Gasteiger partial charge in [0.15, 0.2) is 0 Å². The Labute approximate surface area is 208 Å². The van der Waals surface area contributed by atoms with E-state index in [1.54, 1.807) is 12.1 Å². The van der Waals surface area contributed by atoms with Crippen LogP contribution in [-0.2, 0) is 25.7 Å². The number of hydrogen-bond acceptors (Lipinski definition) is 5. The molecule has 1 saturated carbocycles. The molecule has 194 valence electrons. The van der Waals surface area contributed by atoms with Gasteiger partial charge in [0.1, 0.15) is 11.9 Å². The topological polar surface area (TPSA) is 72.9 Å². The Balaban J connectivity index is 1.73. The Bertz CT molecular complexity index is 1250. The second-order valence-electron chi connectivity index (χ2n) is 9.01. The normalized spacial score (nSPS) is 18.3. The molecular formula is C26H28F3NO5S. The zero-order valence-corrected chi connectivity index (χ0v) is 20.7. The molecule has 6 nitrogen and oxygen atoms in total. The van der Waals surface area contributed by atoms with E-state index >= 15 is 0 Å². The van der Waals surface area contributed by atoms with Crippen LogP contribution in [0.2, 0.25) is 0 Å². The highest BCUT2D eigenvalue weighted by Crippen LogP contribution is 2.40. The number of ether oxygens (including phenoxy) is 2. The Hall–Kier alpha value is -3.01. The third-order valence-electron chi connectivity index (χ3n) is 6.43. The third-order valence-corrected chi connectivity index (χ3v) is 8.20. The van der Waals surface area contributed by atoms with Gasteiger partial charge in [-0.2, -0.15) is 13.2 Å². The highest BCUT2D eigenvalue weighted by molar-refractivity contribution is 7.92. The molecule has 0 radical (unpaired) electrons. The van der Waals surface area contributed by atoms with Crippen molar-refractivity contribution in [3.05, 3.63) is 59.2 Å². The number of methoxy groups -OCH3 is 1. The summed E-state index contributed by atoms with van der Waals surface area (Å²) < 4.78 is 79.0. The molecule has 0 N–H and O–H groups in total. The molecule has 1 aliphatic heterocycles. The van der Waals surface area contributed by atoms with Gasteiger partial charge in [0.2, 0.25) is 0 Å². The molecule has 0 spiro atoms. The lowest BCUT2D eigenvalue weighted by Crippen LogP contribution is -2.43. The van der Waals surface area contributed by atoms with Crippen LogP contribution < -0.4 is 9.04 Å². The van der Waals surface area contributed by atoms with Crippen LogP contribution in [0.4, 0.5) is 18.9 Å². The van der Waals surface area contributed by atoms with Gasteiger partial charge >= 0.3 is 12.1 Å². The van der Waals surface area contributed by atoms with Gasteiger partial charge in [-0.1, -0.05) is 30.2 Å². The second kappa shape index (κ2) is 10.5. The fourth-order valence-electron chi connectivity index (χ4n) is 4.52. The summed E-state index contributed by atoms with van der Waals surface area (Å²) in [6, 6.07) is 8.90. The van der Waals surface area contributed by atoms with Gasteiger partial charge in [-0.3, -0.25) is 9.10 Å². The molecule has 0 unspecified atom stereocenters. The Kier molecular flexibility index (Phi) is 7.63. The highest BCUT2D eigenvalue weighted by atomic mass is 32.2. The van der Waals surface area contributed by atoms with E-state index in [0.717, 1.165) is 53.8 Å². The first-order chi connectivity index (χ1) is 17.1. The van der Waals surface area contributed by atoms with Crippen molar-refractivity contribution in [3.8, 4) is 5.75 Å². The van der Waals surface area contributed by atoms with E-state index in [4.69, 9.17) is 4.74 Å². The maximum Gasteiger partial charge on any atom is 0.416 e. The maximum atomic E-state index is 13.7. The second-order valence-corrected chi connectivity index (χ2v) is 10.9. The number of anilines is 1. The van der Waals surface area contributed by atoms with Crippen LogP contribution in [0.1, 0.15) is 56.1 Å². The SMILES string of the molecule is COC(=O)CC[C@H]1CN(S(=O)(=O)c2cccc(C(F)(F)F)c2)c2cc(C=C3CCCCC3)ccc2O1. The van der Waals surface area contributed by atoms with Crippen molar-refractivity contribution >= 4 is 27.8 Å². The summed E-state index contributed by atoms with van der Waals surface area (Å²) in [6.45, 7) is -0.150. The Morgan fingerprint density at radius 2 is 1.89 bits per heavy atom. The minimum absolute atomic E-state index is 0.0120. The average Bonchev–Trinajstić information content (AvgIpc) is 2.87. The molecule has 1 fully saturated rings. The van der Waals surface area contributed by atoms with Crippen molar-refractivity contribution < 1.29 is 35.9 Å². The number of nitrogens with zero attached hydrogens (tertiary/aromatic N) is 1. The van der Waals surface area contributed by atoms with Crippen LogP contribution in [0.15, 0.2) is 52.9 Å². The molecule has 2 aliphatic rings. The summed E-state index contributed by atoms with van der Waals surface area (Å²) in [4.78, 5) is 11.2. The van der Waals surface area contributed by atoms with Gasteiger partial charge in [-0.25, -0.2) is 8.42 Å². The molecule has 0 aromatic heterocycles. The van der Waals surface area contributed by atoms with Crippen LogP contribution in [0.3, 0.4) is 0 Å². The van der Waals surface area contributed by atoms with Gasteiger partial charge in [0.05, 0.1) is 29.8 Å². The zero-order chi connectivity index (χ0) is 25.9. The summed E-state index contributed by atoms with van der Waals surface area (Å²) in [7, 11) is -3.11. The number of alkyl halides is 3. The molecule has 10 heteroatoms. The molecule has 1 aliphatic carbocycles. The fraction of sp³-hybridized carbons (Fsp3) is 0.423. The minimum Gasteiger partial charge on any atom is -0.486 e. The van der Waals surface area contributed by atoms with E-state index in [9.17, 15) is 26.4 Å². The number of allylic oxidation sites excluding steroid dienone is 1. The molecule has 1 heterocycles. The Morgan fingerprint density at radius 1 is 1.14 bits per heavy atom. The lowest BCUT2D eigenvalue weighted by molar-refractivity contribution is -0.141. The quantitative estimate of drug-likeness (QED) is 0.437. The number of hydrogen-bond donors (Lipinski definition) is 0. The Morgan fingerprint density at radius 3 is 2.58 bits per heavy atom. The molecule has 36 heavy (non-hydrogen) atoms. The number of esters is 1. The fourth-order valence-corrected chi connectivity index (χ4v) is 6.07. The molecule has 0 saturated heterocycles. The van der Waals surface area contributed by atoms with E-state index < -0.39 is 38.7 Å². The number of carbonyl (C=O) groups excluding carboxylic acids is 1. The lowest BCUT2D eigenvalue weighted by atomic mass is 9.93. The van der Waals surface area contributed by atoms with Gasteiger partial charge < -0.3 is 9.47 Å². The third kappa shape index (κ3) is 5.86. The van der Waals surface area contributed by atoms with Crippen molar-refractivity contribution in [1.29, 1.82) is 0 Å². The zero-order valence-electron chi connectivity index (χ0n) is 19.9. The van der Waals surface area contributed by atoms with Crippen LogP contribution in [0.5, 0.6) is 5.75 Å². The first kappa shape index (κ1) is 26.1. The van der Waals surface area contributed by atoms with Crippen molar-refractivity contribution in [2.45, 2.75) is 62.1 Å². The summed E-state index contributed by atoms with van der Waals surface area (Å²) in [5, 5.41) is 0. The van der Waals surface area contributed by atoms with E-state index in [-0.39, 0.29) is 30.8 Å². The molecule has 0 amide bonds. The van der Waals surface area contributed by atoms with Gasteiger partial charge in [0.25, 0.3) is 10.0 Å². The predicted molar refractivity (Wildman–Crippen MR) is 129 cm³/mol. The summed E-state index contributed by atoms with van der Waals surface area (Å²) >= 11 is 0. The van der Waals surface area contributed by atoms with Crippen molar-refractivity contribution in [2.75, 3.05) is 18.0 Å². The maximum absolute atomic E-state index is 13.7. The van der Waals surface area contributed by atoms with Gasteiger partial charge in [0, 0.05) is 6.42 Å². The van der Waals surface area contributed by atoms with Crippen LogP contribution in [-0.4, -0.2) is 34.1 Å². The summed E-state index contributed by atoms with van der Waals surface area (Å²) in [5.74, 6) is -0.177. The number of fused-ring (bicyclic) bond motifs is 1. The van der Waals surface area contributed by atoms with Crippen molar-refractivity contribution in [1.82, 2.24) is 0 Å². The predicted octanol–water partition coefficient (Wildman–Crippen LogP) is 5.96. The van der Waals surface area contributed by atoms with Crippen molar-refractivity contribution in [2.24, 2.45) is 0 Å². The molecule has 4 rings (SSSR count). The first-order valence-electron chi connectivity index (χ1n) is 11.8. The molecule has 0 bridgehead atoms. The van der Waals surface area contributed by atoms with E-state index in [1.165, 1.54) is 19.1 Å². The average molecular weight is 524 g/mol.